The summed E-state index contributed by atoms with van der Waals surface area (Å²) in [6.07, 6.45) is 0. The van der Waals surface area contributed by atoms with Crippen LogP contribution in [-0.2, 0) is 6.54 Å². The Morgan fingerprint density at radius 1 is 1.00 bits per heavy atom. The highest BCUT2D eigenvalue weighted by atomic mass is 35.5. The van der Waals surface area contributed by atoms with E-state index < -0.39 is 0 Å². The van der Waals surface area contributed by atoms with Gasteiger partial charge >= 0.3 is 0 Å². The van der Waals surface area contributed by atoms with E-state index in [9.17, 15) is 0 Å². The predicted octanol–water partition coefficient (Wildman–Crippen LogP) is 5.81. The third kappa shape index (κ3) is 3.89. The van der Waals surface area contributed by atoms with Gasteiger partial charge < -0.3 is 5.32 Å². The van der Waals surface area contributed by atoms with Crippen LogP contribution in [0.4, 0.5) is 0 Å². The standard InChI is InChI=1S/C16H16Cl3N/c1-10(2)20-9-11-4-3-5-12(6-11)16-14(18)7-13(17)8-15(16)19/h3-8,10,20H,9H2,1-2H3. The Kier molecular flexibility index (Phi) is 5.34. The molecule has 4 heteroatoms. The van der Waals surface area contributed by atoms with Crippen molar-refractivity contribution in [1.82, 2.24) is 5.32 Å². The van der Waals surface area contributed by atoms with Crippen molar-refractivity contribution in [1.29, 1.82) is 0 Å². The van der Waals surface area contributed by atoms with Gasteiger partial charge in [-0.05, 0) is 29.3 Å². The van der Waals surface area contributed by atoms with E-state index >= 15 is 0 Å². The van der Waals surface area contributed by atoms with Crippen molar-refractivity contribution in [3.05, 3.63) is 57.0 Å². The Balaban J connectivity index is 2.36. The second kappa shape index (κ2) is 6.82. The summed E-state index contributed by atoms with van der Waals surface area (Å²) in [5.41, 5.74) is 3.02. The molecule has 0 radical (unpaired) electrons. The lowest BCUT2D eigenvalue weighted by atomic mass is 10.0. The molecule has 0 bridgehead atoms. The Morgan fingerprint density at radius 3 is 2.25 bits per heavy atom. The molecule has 2 rings (SSSR count). The van der Waals surface area contributed by atoms with Crippen molar-refractivity contribution in [3.63, 3.8) is 0 Å². The first-order valence-electron chi connectivity index (χ1n) is 6.44. The third-order valence-corrected chi connectivity index (χ3v) is 3.75. The van der Waals surface area contributed by atoms with Crippen molar-refractivity contribution < 1.29 is 0 Å². The molecule has 0 atom stereocenters. The first kappa shape index (κ1) is 15.7. The van der Waals surface area contributed by atoms with Gasteiger partial charge in [-0.3, -0.25) is 0 Å². The van der Waals surface area contributed by atoms with Gasteiger partial charge in [0.1, 0.15) is 0 Å². The van der Waals surface area contributed by atoms with Gasteiger partial charge in [-0.1, -0.05) is 66.8 Å². The molecule has 1 nitrogen and oxygen atoms in total. The quantitative estimate of drug-likeness (QED) is 0.746. The molecule has 20 heavy (non-hydrogen) atoms. The van der Waals surface area contributed by atoms with Crippen molar-refractivity contribution in [2.75, 3.05) is 0 Å². The Labute approximate surface area is 134 Å². The van der Waals surface area contributed by atoms with Crippen LogP contribution in [0.2, 0.25) is 15.1 Å². The van der Waals surface area contributed by atoms with Gasteiger partial charge in [-0.2, -0.15) is 0 Å². The highest BCUT2D eigenvalue weighted by molar-refractivity contribution is 6.41. The lowest BCUT2D eigenvalue weighted by Crippen LogP contribution is -2.21. The zero-order valence-electron chi connectivity index (χ0n) is 11.4. The summed E-state index contributed by atoms with van der Waals surface area (Å²) in [6.45, 7) is 5.06. The lowest BCUT2D eigenvalue weighted by molar-refractivity contribution is 0.589. The van der Waals surface area contributed by atoms with Crippen LogP contribution in [0.15, 0.2) is 36.4 Å². The summed E-state index contributed by atoms with van der Waals surface area (Å²) in [5.74, 6) is 0. The number of halogens is 3. The van der Waals surface area contributed by atoms with Gasteiger partial charge in [-0.15, -0.1) is 0 Å². The topological polar surface area (TPSA) is 12.0 Å². The summed E-state index contributed by atoms with van der Waals surface area (Å²) in [7, 11) is 0. The zero-order valence-corrected chi connectivity index (χ0v) is 13.7. The van der Waals surface area contributed by atoms with Crippen molar-refractivity contribution >= 4 is 34.8 Å². The van der Waals surface area contributed by atoms with E-state index in [2.05, 4.69) is 31.3 Å². The van der Waals surface area contributed by atoms with E-state index in [-0.39, 0.29) is 0 Å². The molecule has 2 aromatic carbocycles. The Morgan fingerprint density at radius 2 is 1.65 bits per heavy atom. The van der Waals surface area contributed by atoms with E-state index in [0.717, 1.165) is 17.7 Å². The highest BCUT2D eigenvalue weighted by Crippen LogP contribution is 2.37. The van der Waals surface area contributed by atoms with Crippen LogP contribution < -0.4 is 5.32 Å². The Hall–Kier alpha value is -0.730. The molecule has 0 amide bonds. The van der Waals surface area contributed by atoms with E-state index in [1.165, 1.54) is 5.56 Å². The van der Waals surface area contributed by atoms with Crippen LogP contribution >= 0.6 is 34.8 Å². The summed E-state index contributed by atoms with van der Waals surface area (Å²) >= 11 is 18.5. The number of hydrogen-bond donors (Lipinski definition) is 1. The van der Waals surface area contributed by atoms with Crippen LogP contribution in [0.5, 0.6) is 0 Å². The SMILES string of the molecule is CC(C)NCc1cccc(-c2c(Cl)cc(Cl)cc2Cl)c1. The maximum absolute atomic E-state index is 6.26. The molecule has 0 fully saturated rings. The summed E-state index contributed by atoms with van der Waals surface area (Å²) in [5, 5.41) is 5.07. The van der Waals surface area contributed by atoms with Gasteiger partial charge in [0, 0.05) is 23.2 Å². The molecule has 0 aromatic heterocycles. The largest absolute Gasteiger partial charge is 0.310 e. The van der Waals surface area contributed by atoms with E-state index in [0.29, 0.717) is 21.1 Å². The summed E-state index contributed by atoms with van der Waals surface area (Å²) < 4.78 is 0. The molecule has 2 aromatic rings. The van der Waals surface area contributed by atoms with Gasteiger partial charge in [0.25, 0.3) is 0 Å². The molecule has 0 aliphatic carbocycles. The molecule has 0 aliphatic heterocycles. The fraction of sp³-hybridized carbons (Fsp3) is 0.250. The molecule has 0 spiro atoms. The average molecular weight is 329 g/mol. The van der Waals surface area contributed by atoms with Crippen LogP contribution in [0.3, 0.4) is 0 Å². The fourth-order valence-corrected chi connectivity index (χ4v) is 3.01. The van der Waals surface area contributed by atoms with Crippen LogP contribution in [0, 0.1) is 0 Å². The monoisotopic (exact) mass is 327 g/mol. The maximum atomic E-state index is 6.26. The van der Waals surface area contributed by atoms with Crippen molar-refractivity contribution in [2.45, 2.75) is 26.4 Å². The second-order valence-electron chi connectivity index (χ2n) is 4.98. The average Bonchev–Trinajstić information content (AvgIpc) is 2.35. The zero-order chi connectivity index (χ0) is 14.7. The molecular weight excluding hydrogens is 313 g/mol. The van der Waals surface area contributed by atoms with Gasteiger partial charge in [0.05, 0.1) is 10.0 Å². The molecule has 1 N–H and O–H groups in total. The molecule has 0 aliphatic rings. The highest BCUT2D eigenvalue weighted by Gasteiger charge is 2.10. The van der Waals surface area contributed by atoms with E-state index in [1.807, 2.05) is 12.1 Å². The second-order valence-corrected chi connectivity index (χ2v) is 6.23. The number of nitrogens with one attached hydrogen (secondary N) is 1. The van der Waals surface area contributed by atoms with Crippen LogP contribution in [0.25, 0.3) is 11.1 Å². The van der Waals surface area contributed by atoms with Crippen LogP contribution in [-0.4, -0.2) is 6.04 Å². The maximum Gasteiger partial charge on any atom is 0.0514 e. The third-order valence-electron chi connectivity index (χ3n) is 2.94. The number of hydrogen-bond acceptors (Lipinski definition) is 1. The number of benzene rings is 2. The minimum atomic E-state index is 0.446. The van der Waals surface area contributed by atoms with Crippen molar-refractivity contribution in [2.24, 2.45) is 0 Å². The van der Waals surface area contributed by atoms with Gasteiger partial charge in [-0.25, -0.2) is 0 Å². The van der Waals surface area contributed by atoms with Crippen molar-refractivity contribution in [3.8, 4) is 11.1 Å². The lowest BCUT2D eigenvalue weighted by Gasteiger charge is -2.12. The molecule has 0 saturated carbocycles. The fourth-order valence-electron chi connectivity index (χ4n) is 1.98. The summed E-state index contributed by atoms with van der Waals surface area (Å²) in [6, 6.07) is 12.1. The smallest absolute Gasteiger partial charge is 0.0514 e. The molecule has 0 unspecified atom stereocenters. The van der Waals surface area contributed by atoms with Gasteiger partial charge in [0.15, 0.2) is 0 Å². The first-order valence-corrected chi connectivity index (χ1v) is 7.58. The minimum absolute atomic E-state index is 0.446. The van der Waals surface area contributed by atoms with Gasteiger partial charge in [0.2, 0.25) is 0 Å². The first-order chi connectivity index (χ1) is 9.47. The molecule has 0 heterocycles. The minimum Gasteiger partial charge on any atom is -0.310 e. The summed E-state index contributed by atoms with van der Waals surface area (Å²) in [4.78, 5) is 0. The predicted molar refractivity (Wildman–Crippen MR) is 88.9 cm³/mol. The Bertz CT molecular complexity index is 585. The molecular formula is C16H16Cl3N. The normalized spacial score (nSPS) is 11.1. The van der Waals surface area contributed by atoms with E-state index in [1.54, 1.807) is 12.1 Å². The van der Waals surface area contributed by atoms with Crippen LogP contribution in [0.1, 0.15) is 19.4 Å². The molecule has 106 valence electrons. The van der Waals surface area contributed by atoms with E-state index in [4.69, 9.17) is 34.8 Å². The molecule has 0 saturated heterocycles. The number of rotatable bonds is 4.